The normalized spacial score (nSPS) is 13.4. The Hall–Kier alpha value is -2.80. The Kier molecular flexibility index (Phi) is 7.30. The van der Waals surface area contributed by atoms with Crippen LogP contribution in [0.3, 0.4) is 0 Å². The first-order chi connectivity index (χ1) is 14.1. The van der Waals surface area contributed by atoms with E-state index in [0.29, 0.717) is 26.1 Å². The molecule has 0 saturated heterocycles. The Labute approximate surface area is 171 Å². The molecule has 1 aliphatic rings. The van der Waals surface area contributed by atoms with E-state index >= 15 is 0 Å². The van der Waals surface area contributed by atoms with E-state index in [1.165, 1.54) is 12.1 Å². The number of ether oxygens (including phenoxy) is 3. The van der Waals surface area contributed by atoms with Gasteiger partial charge in [0.05, 0.1) is 13.7 Å². The highest BCUT2D eigenvalue weighted by Crippen LogP contribution is 2.29. The van der Waals surface area contributed by atoms with Crippen molar-refractivity contribution in [3.8, 4) is 11.5 Å². The van der Waals surface area contributed by atoms with Crippen molar-refractivity contribution < 1.29 is 18.6 Å². The number of benzene rings is 2. The van der Waals surface area contributed by atoms with Crippen LogP contribution >= 0.6 is 0 Å². The zero-order chi connectivity index (χ0) is 20.6. The summed E-state index contributed by atoms with van der Waals surface area (Å²) in [7, 11) is 3.66. The summed E-state index contributed by atoms with van der Waals surface area (Å²) in [5, 5.41) is 3.31. The minimum absolute atomic E-state index is 0.194. The van der Waals surface area contributed by atoms with Crippen LogP contribution in [-0.4, -0.2) is 44.9 Å². The molecule has 0 radical (unpaired) electrons. The van der Waals surface area contributed by atoms with Gasteiger partial charge in [-0.1, -0.05) is 18.2 Å². The maximum atomic E-state index is 13.9. The molecule has 0 saturated carbocycles. The number of fused-ring (bicyclic) bond motifs is 1. The van der Waals surface area contributed by atoms with Crippen molar-refractivity contribution in [1.82, 2.24) is 10.2 Å². The molecular formula is C22H28FN3O3. The van der Waals surface area contributed by atoms with Crippen LogP contribution in [0.25, 0.3) is 0 Å². The average molecular weight is 401 g/mol. The molecule has 156 valence electrons. The number of hydrogen-bond acceptors (Lipinski definition) is 4. The van der Waals surface area contributed by atoms with Crippen molar-refractivity contribution in [2.24, 2.45) is 4.99 Å². The Morgan fingerprint density at radius 3 is 2.90 bits per heavy atom. The van der Waals surface area contributed by atoms with Gasteiger partial charge < -0.3 is 24.4 Å². The van der Waals surface area contributed by atoms with Gasteiger partial charge in [-0.15, -0.1) is 0 Å². The smallest absolute Gasteiger partial charge is 0.193 e. The molecule has 0 amide bonds. The molecule has 7 heteroatoms. The zero-order valence-electron chi connectivity index (χ0n) is 17.2. The Bertz CT molecular complexity index is 857. The summed E-state index contributed by atoms with van der Waals surface area (Å²) in [4.78, 5) is 6.77. The summed E-state index contributed by atoms with van der Waals surface area (Å²) < 4.78 is 30.2. The largest absolute Gasteiger partial charge is 0.496 e. The number of para-hydroxylation sites is 1. The van der Waals surface area contributed by atoms with E-state index in [1.54, 1.807) is 7.11 Å². The van der Waals surface area contributed by atoms with Crippen molar-refractivity contribution in [2.45, 2.75) is 26.5 Å². The standard InChI is InChI=1S/C22H28FN3O3/c1-4-24-22(26(2)13-17-7-5-6-8-20(17)27-3)25-10-9-16-11-19(23)12-18-14-28-15-29-21(16)18/h5-8,11-12H,4,9-10,13-15H2,1-3H3,(H,24,25). The number of hydrogen-bond donors (Lipinski definition) is 1. The van der Waals surface area contributed by atoms with Gasteiger partial charge in [-0.3, -0.25) is 4.99 Å². The van der Waals surface area contributed by atoms with E-state index in [4.69, 9.17) is 19.2 Å². The van der Waals surface area contributed by atoms with Gasteiger partial charge >= 0.3 is 0 Å². The van der Waals surface area contributed by atoms with Gasteiger partial charge in [0.25, 0.3) is 0 Å². The second kappa shape index (κ2) is 10.1. The number of rotatable bonds is 7. The summed E-state index contributed by atoms with van der Waals surface area (Å²) in [6.07, 6.45) is 0.581. The molecule has 0 atom stereocenters. The molecule has 6 nitrogen and oxygen atoms in total. The van der Waals surface area contributed by atoms with Gasteiger partial charge in [0.2, 0.25) is 0 Å². The zero-order valence-corrected chi connectivity index (χ0v) is 17.2. The fraction of sp³-hybridized carbons (Fsp3) is 0.409. The van der Waals surface area contributed by atoms with Crippen molar-refractivity contribution in [2.75, 3.05) is 34.0 Å². The first kappa shape index (κ1) is 20.9. The molecule has 1 heterocycles. The molecule has 0 fully saturated rings. The third kappa shape index (κ3) is 5.38. The Balaban J connectivity index is 1.70. The third-order valence-corrected chi connectivity index (χ3v) is 4.69. The lowest BCUT2D eigenvalue weighted by atomic mass is 10.1. The molecule has 0 unspecified atom stereocenters. The number of halogens is 1. The third-order valence-electron chi connectivity index (χ3n) is 4.69. The highest BCUT2D eigenvalue weighted by Gasteiger charge is 2.17. The SMILES string of the molecule is CCNC(=NCCc1cc(F)cc2c1OCOC2)N(C)Cc1ccccc1OC. The molecular weight excluding hydrogens is 373 g/mol. The Morgan fingerprint density at radius 1 is 1.28 bits per heavy atom. The van der Waals surface area contributed by atoms with Crippen molar-refractivity contribution in [3.05, 3.63) is 58.9 Å². The second-order valence-electron chi connectivity index (χ2n) is 6.82. The van der Waals surface area contributed by atoms with Crippen molar-refractivity contribution in [1.29, 1.82) is 0 Å². The van der Waals surface area contributed by atoms with Gasteiger partial charge in [0, 0.05) is 37.8 Å². The van der Waals surface area contributed by atoms with Gasteiger partial charge in [-0.2, -0.15) is 0 Å². The maximum Gasteiger partial charge on any atom is 0.193 e. The monoisotopic (exact) mass is 401 g/mol. The first-order valence-electron chi connectivity index (χ1n) is 9.75. The van der Waals surface area contributed by atoms with E-state index in [2.05, 4.69) is 5.32 Å². The van der Waals surface area contributed by atoms with Gasteiger partial charge in [0.15, 0.2) is 12.8 Å². The fourth-order valence-electron chi connectivity index (χ4n) is 3.36. The number of nitrogens with zero attached hydrogens (tertiary/aromatic N) is 2. The molecule has 0 spiro atoms. The quantitative estimate of drug-likeness (QED) is 0.570. The molecule has 0 aliphatic carbocycles. The molecule has 1 N–H and O–H groups in total. The van der Waals surface area contributed by atoms with Crippen molar-refractivity contribution >= 4 is 5.96 Å². The number of guanidine groups is 1. The van der Waals surface area contributed by atoms with E-state index in [0.717, 1.165) is 40.7 Å². The molecule has 0 bridgehead atoms. The van der Waals surface area contributed by atoms with Crippen LogP contribution in [-0.2, 0) is 24.3 Å². The minimum Gasteiger partial charge on any atom is -0.496 e. The summed E-state index contributed by atoms with van der Waals surface area (Å²) >= 11 is 0. The second-order valence-corrected chi connectivity index (χ2v) is 6.82. The highest BCUT2D eigenvalue weighted by molar-refractivity contribution is 5.79. The van der Waals surface area contributed by atoms with Crippen LogP contribution in [0.5, 0.6) is 11.5 Å². The first-order valence-corrected chi connectivity index (χ1v) is 9.75. The van der Waals surface area contributed by atoms with Crippen LogP contribution in [0.4, 0.5) is 4.39 Å². The maximum absolute atomic E-state index is 13.9. The van der Waals surface area contributed by atoms with Crippen LogP contribution < -0.4 is 14.8 Å². The summed E-state index contributed by atoms with van der Waals surface area (Å²) in [5.41, 5.74) is 2.64. The van der Waals surface area contributed by atoms with Crippen LogP contribution in [0, 0.1) is 5.82 Å². The van der Waals surface area contributed by atoms with E-state index in [1.807, 2.05) is 43.1 Å². The summed E-state index contributed by atoms with van der Waals surface area (Å²) in [6.45, 7) is 4.52. The summed E-state index contributed by atoms with van der Waals surface area (Å²) in [5.74, 6) is 2.08. The molecule has 0 aromatic heterocycles. The number of nitrogens with one attached hydrogen (secondary N) is 1. The van der Waals surface area contributed by atoms with Gasteiger partial charge in [-0.25, -0.2) is 4.39 Å². The topological polar surface area (TPSA) is 55.3 Å². The molecule has 3 rings (SSSR count). The van der Waals surface area contributed by atoms with Gasteiger partial charge in [-0.05, 0) is 37.1 Å². The van der Waals surface area contributed by atoms with E-state index in [-0.39, 0.29) is 12.6 Å². The molecule has 2 aromatic carbocycles. The lowest BCUT2D eigenvalue weighted by Crippen LogP contribution is -2.38. The molecule has 2 aromatic rings. The fourth-order valence-corrected chi connectivity index (χ4v) is 3.36. The van der Waals surface area contributed by atoms with Crippen molar-refractivity contribution in [3.63, 3.8) is 0 Å². The predicted molar refractivity (Wildman–Crippen MR) is 111 cm³/mol. The van der Waals surface area contributed by atoms with Crippen LogP contribution in [0.15, 0.2) is 41.4 Å². The van der Waals surface area contributed by atoms with E-state index in [9.17, 15) is 4.39 Å². The summed E-state index contributed by atoms with van der Waals surface area (Å²) in [6, 6.07) is 10.9. The predicted octanol–water partition coefficient (Wildman–Crippen LogP) is 3.34. The highest BCUT2D eigenvalue weighted by atomic mass is 19.1. The number of methoxy groups -OCH3 is 1. The van der Waals surface area contributed by atoms with Crippen LogP contribution in [0.2, 0.25) is 0 Å². The average Bonchev–Trinajstić information content (AvgIpc) is 2.73. The Morgan fingerprint density at radius 2 is 2.10 bits per heavy atom. The van der Waals surface area contributed by atoms with E-state index < -0.39 is 0 Å². The minimum atomic E-state index is -0.281. The number of aliphatic imine (C=N–C) groups is 1. The molecule has 1 aliphatic heterocycles. The van der Waals surface area contributed by atoms with Gasteiger partial charge in [0.1, 0.15) is 17.3 Å². The van der Waals surface area contributed by atoms with Crippen LogP contribution in [0.1, 0.15) is 23.6 Å². The lowest BCUT2D eigenvalue weighted by Gasteiger charge is -2.23. The lowest BCUT2D eigenvalue weighted by molar-refractivity contribution is -0.0172. The molecule has 29 heavy (non-hydrogen) atoms.